The molecule has 0 aliphatic heterocycles. The van der Waals surface area contributed by atoms with Crippen LogP contribution >= 0.6 is 11.6 Å². The molecule has 0 atom stereocenters. The van der Waals surface area contributed by atoms with E-state index in [9.17, 15) is 4.79 Å². The van der Waals surface area contributed by atoms with Crippen LogP contribution < -0.4 is 11.1 Å². The van der Waals surface area contributed by atoms with Gasteiger partial charge in [-0.2, -0.15) is 0 Å². The summed E-state index contributed by atoms with van der Waals surface area (Å²) in [6.45, 7) is 3.84. The number of nitrogens with one attached hydrogen (secondary N) is 1. The Morgan fingerprint density at radius 1 is 1.23 bits per heavy atom. The number of aliphatic imine (C=N–C) groups is 1. The Morgan fingerprint density at radius 3 is 2.64 bits per heavy atom. The van der Waals surface area contributed by atoms with E-state index in [2.05, 4.69) is 10.3 Å². The largest absolute Gasteiger partial charge is 0.386 e. The van der Waals surface area contributed by atoms with Gasteiger partial charge in [-0.15, -0.1) is 11.6 Å². The van der Waals surface area contributed by atoms with Gasteiger partial charge < -0.3 is 11.1 Å². The number of hydrogen-bond acceptors (Lipinski definition) is 2. The molecule has 0 heterocycles. The summed E-state index contributed by atoms with van der Waals surface area (Å²) in [5.41, 5.74) is 9.46. The van der Waals surface area contributed by atoms with Crippen molar-refractivity contribution in [2.75, 3.05) is 11.2 Å². The smallest absolute Gasteiger partial charge is 0.255 e. The van der Waals surface area contributed by atoms with Crippen LogP contribution in [0.25, 0.3) is 0 Å². The fourth-order valence-electron chi connectivity index (χ4n) is 2.04. The predicted molar refractivity (Wildman–Crippen MR) is 92.3 cm³/mol. The first-order chi connectivity index (χ1) is 10.5. The maximum absolute atomic E-state index is 12.4. The summed E-state index contributed by atoms with van der Waals surface area (Å²) in [5, 5.41) is 2.88. The van der Waals surface area contributed by atoms with Crippen molar-refractivity contribution in [3.63, 3.8) is 0 Å². The van der Waals surface area contributed by atoms with Gasteiger partial charge >= 0.3 is 0 Å². The minimum absolute atomic E-state index is 0.138. The minimum Gasteiger partial charge on any atom is -0.386 e. The van der Waals surface area contributed by atoms with Gasteiger partial charge in [0.05, 0.1) is 17.3 Å². The second kappa shape index (κ2) is 7.09. The van der Waals surface area contributed by atoms with Gasteiger partial charge in [0, 0.05) is 5.56 Å². The monoisotopic (exact) mass is 315 g/mol. The van der Waals surface area contributed by atoms with Gasteiger partial charge in [0.1, 0.15) is 5.84 Å². The summed E-state index contributed by atoms with van der Waals surface area (Å²) in [7, 11) is 0. The number of halogens is 1. The lowest BCUT2D eigenvalue weighted by atomic mass is 10.1. The number of carbonyl (C=O) groups is 1. The van der Waals surface area contributed by atoms with Gasteiger partial charge in [-0.3, -0.25) is 4.79 Å². The molecule has 0 aliphatic rings. The van der Waals surface area contributed by atoms with E-state index in [1.807, 2.05) is 50.2 Å². The van der Waals surface area contributed by atoms with Crippen molar-refractivity contribution in [2.24, 2.45) is 10.7 Å². The third-order valence-electron chi connectivity index (χ3n) is 3.19. The molecule has 0 saturated heterocycles. The lowest BCUT2D eigenvalue weighted by Crippen LogP contribution is -2.15. The van der Waals surface area contributed by atoms with Crippen molar-refractivity contribution in [1.29, 1.82) is 0 Å². The summed E-state index contributed by atoms with van der Waals surface area (Å²) in [6, 6.07) is 13.0. The van der Waals surface area contributed by atoms with Gasteiger partial charge in [-0.1, -0.05) is 24.3 Å². The van der Waals surface area contributed by atoms with Crippen LogP contribution in [-0.2, 0) is 0 Å². The molecule has 1 amide bonds. The van der Waals surface area contributed by atoms with Crippen molar-refractivity contribution in [2.45, 2.75) is 13.8 Å². The molecule has 0 fully saturated rings. The highest BCUT2D eigenvalue weighted by atomic mass is 35.5. The average molecular weight is 316 g/mol. The molecule has 3 N–H and O–H groups in total. The molecule has 0 unspecified atom stereocenters. The molecule has 5 heteroatoms. The van der Waals surface area contributed by atoms with Crippen LogP contribution in [0, 0.1) is 13.8 Å². The number of nitrogens with zero attached hydrogens (tertiary/aromatic N) is 1. The van der Waals surface area contributed by atoms with Crippen LogP contribution in [0.1, 0.15) is 21.5 Å². The highest BCUT2D eigenvalue weighted by molar-refractivity contribution is 6.28. The van der Waals surface area contributed by atoms with E-state index in [1.54, 1.807) is 6.07 Å². The van der Waals surface area contributed by atoms with Gasteiger partial charge in [0.15, 0.2) is 0 Å². The molecule has 2 rings (SSSR count). The molecule has 0 spiro atoms. The SMILES string of the molecule is Cc1ccc(NC(=O)c2ccccc2C)c(N=C(N)CCl)c1. The summed E-state index contributed by atoms with van der Waals surface area (Å²) in [6.07, 6.45) is 0. The number of rotatable bonds is 4. The van der Waals surface area contributed by atoms with E-state index in [4.69, 9.17) is 17.3 Å². The van der Waals surface area contributed by atoms with Crippen molar-refractivity contribution >= 4 is 34.7 Å². The molecule has 0 saturated carbocycles. The number of benzene rings is 2. The highest BCUT2D eigenvalue weighted by Crippen LogP contribution is 2.27. The molecule has 0 aromatic heterocycles. The molecule has 22 heavy (non-hydrogen) atoms. The number of aryl methyl sites for hydroxylation is 2. The number of amides is 1. The molecular weight excluding hydrogens is 298 g/mol. The molecular formula is C17H18ClN3O. The number of anilines is 1. The van der Waals surface area contributed by atoms with E-state index < -0.39 is 0 Å². The Kier molecular flexibility index (Phi) is 5.17. The van der Waals surface area contributed by atoms with Crippen LogP contribution in [-0.4, -0.2) is 17.6 Å². The van der Waals surface area contributed by atoms with Gasteiger partial charge in [-0.25, -0.2) is 4.99 Å². The Balaban J connectivity index is 2.34. The zero-order chi connectivity index (χ0) is 16.1. The maximum atomic E-state index is 12.4. The number of amidine groups is 1. The summed E-state index contributed by atoms with van der Waals surface area (Å²) in [5.74, 6) is 0.264. The van der Waals surface area contributed by atoms with E-state index in [1.165, 1.54) is 0 Å². The van der Waals surface area contributed by atoms with Crippen molar-refractivity contribution < 1.29 is 4.79 Å². The lowest BCUT2D eigenvalue weighted by molar-refractivity contribution is 0.102. The zero-order valence-corrected chi connectivity index (χ0v) is 13.3. The minimum atomic E-state index is -0.178. The van der Waals surface area contributed by atoms with Gasteiger partial charge in [0.25, 0.3) is 5.91 Å². The van der Waals surface area contributed by atoms with E-state index in [0.29, 0.717) is 22.8 Å². The van der Waals surface area contributed by atoms with Gasteiger partial charge in [0.2, 0.25) is 0 Å². The number of alkyl halides is 1. The highest BCUT2D eigenvalue weighted by Gasteiger charge is 2.11. The normalized spacial score (nSPS) is 11.3. The topological polar surface area (TPSA) is 67.5 Å². The summed E-state index contributed by atoms with van der Waals surface area (Å²) < 4.78 is 0. The third kappa shape index (κ3) is 3.86. The maximum Gasteiger partial charge on any atom is 0.255 e. The van der Waals surface area contributed by atoms with Crippen LogP contribution in [0.3, 0.4) is 0 Å². The quantitative estimate of drug-likeness (QED) is 0.512. The van der Waals surface area contributed by atoms with E-state index >= 15 is 0 Å². The fourth-order valence-corrected chi connectivity index (χ4v) is 2.10. The molecule has 114 valence electrons. The first kappa shape index (κ1) is 16.0. The van der Waals surface area contributed by atoms with Crippen molar-refractivity contribution in [3.05, 3.63) is 59.2 Å². The van der Waals surface area contributed by atoms with Crippen LogP contribution in [0.5, 0.6) is 0 Å². The Labute approximate surface area is 135 Å². The van der Waals surface area contributed by atoms with E-state index in [0.717, 1.165) is 11.1 Å². The van der Waals surface area contributed by atoms with Crippen LogP contribution in [0.2, 0.25) is 0 Å². The fraction of sp³-hybridized carbons (Fsp3) is 0.176. The number of nitrogens with two attached hydrogens (primary N) is 1. The third-order valence-corrected chi connectivity index (χ3v) is 3.47. The predicted octanol–water partition coefficient (Wildman–Crippen LogP) is 3.78. The molecule has 4 nitrogen and oxygen atoms in total. The van der Waals surface area contributed by atoms with Gasteiger partial charge in [-0.05, 0) is 43.2 Å². The Bertz CT molecular complexity index is 726. The first-order valence-electron chi connectivity index (χ1n) is 6.88. The van der Waals surface area contributed by atoms with Crippen molar-refractivity contribution in [3.8, 4) is 0 Å². The average Bonchev–Trinajstić information content (AvgIpc) is 2.50. The molecule has 2 aromatic carbocycles. The Morgan fingerprint density at radius 2 is 1.95 bits per heavy atom. The first-order valence-corrected chi connectivity index (χ1v) is 7.41. The van der Waals surface area contributed by atoms with Crippen LogP contribution in [0.4, 0.5) is 11.4 Å². The lowest BCUT2D eigenvalue weighted by Gasteiger charge is -2.11. The van der Waals surface area contributed by atoms with Crippen molar-refractivity contribution in [1.82, 2.24) is 0 Å². The standard InChI is InChI=1S/C17H18ClN3O/c1-11-7-8-14(15(9-11)20-16(19)10-18)21-17(22)13-6-4-3-5-12(13)2/h3-9H,10H2,1-2H3,(H2,19,20)(H,21,22). The molecule has 0 radical (unpaired) electrons. The summed E-state index contributed by atoms with van der Waals surface area (Å²) in [4.78, 5) is 16.7. The molecule has 2 aromatic rings. The van der Waals surface area contributed by atoms with Crippen LogP contribution in [0.15, 0.2) is 47.5 Å². The molecule has 0 bridgehead atoms. The second-order valence-corrected chi connectivity index (χ2v) is 5.29. The zero-order valence-electron chi connectivity index (χ0n) is 12.6. The number of hydrogen-bond donors (Lipinski definition) is 2. The van der Waals surface area contributed by atoms with E-state index in [-0.39, 0.29) is 11.8 Å². The molecule has 0 aliphatic carbocycles. The Hall–Kier alpha value is -2.33. The number of carbonyl (C=O) groups excluding carboxylic acids is 1. The second-order valence-electron chi connectivity index (χ2n) is 5.03. The summed E-state index contributed by atoms with van der Waals surface area (Å²) >= 11 is 5.67.